The zero-order valence-corrected chi connectivity index (χ0v) is 18.1. The van der Waals surface area contributed by atoms with E-state index in [0.717, 1.165) is 40.7 Å². The van der Waals surface area contributed by atoms with E-state index in [1.165, 1.54) is 4.57 Å². The Labute approximate surface area is 185 Å². The molecule has 0 fully saturated rings. The van der Waals surface area contributed by atoms with Gasteiger partial charge in [0.05, 0.1) is 12.1 Å². The summed E-state index contributed by atoms with van der Waals surface area (Å²) in [5.41, 5.74) is 2.94. The lowest BCUT2D eigenvalue weighted by Gasteiger charge is -2.35. The fourth-order valence-electron chi connectivity index (χ4n) is 5.00. The number of aromatic nitrogens is 3. The molecule has 5 rings (SSSR count). The Morgan fingerprint density at radius 2 is 1.78 bits per heavy atom. The van der Waals surface area contributed by atoms with Gasteiger partial charge in [0.2, 0.25) is 5.88 Å². The molecule has 0 amide bonds. The van der Waals surface area contributed by atoms with Crippen LogP contribution < -0.4 is 11.2 Å². The van der Waals surface area contributed by atoms with Crippen molar-refractivity contribution in [3.63, 3.8) is 0 Å². The lowest BCUT2D eigenvalue weighted by Crippen LogP contribution is -2.42. The fraction of sp³-hybridized carbons (Fsp3) is 0.280. The Morgan fingerprint density at radius 1 is 1.06 bits per heavy atom. The number of hydrogen-bond acceptors (Lipinski definition) is 4. The molecule has 4 aromatic rings. The maximum atomic E-state index is 13.1. The number of fused-ring (bicyclic) bond motifs is 3. The molecule has 0 bridgehead atoms. The van der Waals surface area contributed by atoms with Crippen LogP contribution in [0.2, 0.25) is 0 Å². The number of aromatic hydroxyl groups is 1. The highest BCUT2D eigenvalue weighted by molar-refractivity contribution is 5.85. The van der Waals surface area contributed by atoms with Gasteiger partial charge < -0.3 is 10.1 Å². The van der Waals surface area contributed by atoms with Gasteiger partial charge in [0, 0.05) is 23.1 Å². The van der Waals surface area contributed by atoms with E-state index < -0.39 is 23.3 Å². The van der Waals surface area contributed by atoms with E-state index in [-0.39, 0.29) is 11.4 Å². The summed E-state index contributed by atoms with van der Waals surface area (Å²) in [6, 6.07) is 16.6. The molecule has 164 valence electrons. The standard InChI is InChI=1S/C25H26N4O3/c1-3-28-14-13-18-17-11-7-8-12-19(17)26-21(18)22(28)20-23(30)27-25(32)29(24(20)31)15(2)16-9-5-4-6-10-16/h4-12,15,22,26,31H,3,13-14H2,1-2H3,(H,27,30,32)/t15-,22+/m1/s1. The molecule has 0 saturated heterocycles. The summed E-state index contributed by atoms with van der Waals surface area (Å²) in [5, 5.41) is 12.5. The van der Waals surface area contributed by atoms with Crippen LogP contribution in [-0.2, 0) is 6.42 Å². The smallest absolute Gasteiger partial charge is 0.331 e. The van der Waals surface area contributed by atoms with Crippen molar-refractivity contribution in [3.05, 3.63) is 97.8 Å². The maximum Gasteiger partial charge on any atom is 0.331 e. The van der Waals surface area contributed by atoms with E-state index in [1.807, 2.05) is 62.4 Å². The lowest BCUT2D eigenvalue weighted by molar-refractivity contribution is 0.214. The number of benzene rings is 2. The van der Waals surface area contributed by atoms with Crippen molar-refractivity contribution in [3.8, 4) is 5.88 Å². The molecule has 2 aromatic heterocycles. The highest BCUT2D eigenvalue weighted by Gasteiger charge is 2.36. The number of hydrogen-bond donors (Lipinski definition) is 3. The molecule has 0 saturated carbocycles. The molecular weight excluding hydrogens is 404 g/mol. The topological polar surface area (TPSA) is 94.1 Å². The third-order valence-electron chi connectivity index (χ3n) is 6.64. The number of aromatic amines is 2. The molecule has 1 aliphatic rings. The quantitative estimate of drug-likeness (QED) is 0.463. The van der Waals surface area contributed by atoms with Crippen molar-refractivity contribution in [2.75, 3.05) is 13.1 Å². The van der Waals surface area contributed by atoms with Crippen LogP contribution in [0, 0.1) is 0 Å². The summed E-state index contributed by atoms with van der Waals surface area (Å²) in [5.74, 6) is -0.287. The van der Waals surface area contributed by atoms with Crippen LogP contribution in [-0.4, -0.2) is 37.6 Å². The predicted octanol–water partition coefficient (Wildman–Crippen LogP) is 3.30. The van der Waals surface area contributed by atoms with Crippen LogP contribution in [0.4, 0.5) is 0 Å². The average molecular weight is 431 g/mol. The van der Waals surface area contributed by atoms with Crippen LogP contribution in [0.25, 0.3) is 10.9 Å². The third-order valence-corrected chi connectivity index (χ3v) is 6.64. The van der Waals surface area contributed by atoms with Crippen molar-refractivity contribution >= 4 is 10.9 Å². The summed E-state index contributed by atoms with van der Waals surface area (Å²) in [6.07, 6.45) is 0.850. The second-order valence-corrected chi connectivity index (χ2v) is 8.30. The second kappa shape index (κ2) is 7.84. The molecule has 1 aliphatic heterocycles. The van der Waals surface area contributed by atoms with Crippen molar-refractivity contribution in [2.45, 2.75) is 32.4 Å². The molecule has 2 aromatic carbocycles. The predicted molar refractivity (Wildman–Crippen MR) is 124 cm³/mol. The van der Waals surface area contributed by atoms with Crippen LogP contribution >= 0.6 is 0 Å². The summed E-state index contributed by atoms with van der Waals surface area (Å²) in [6.45, 7) is 5.33. The molecule has 0 unspecified atom stereocenters. The molecule has 0 aliphatic carbocycles. The van der Waals surface area contributed by atoms with Gasteiger partial charge in [-0.15, -0.1) is 0 Å². The average Bonchev–Trinajstić information content (AvgIpc) is 3.18. The van der Waals surface area contributed by atoms with E-state index in [4.69, 9.17) is 0 Å². The highest BCUT2D eigenvalue weighted by atomic mass is 16.3. The highest BCUT2D eigenvalue weighted by Crippen LogP contribution is 2.39. The molecule has 0 radical (unpaired) electrons. The van der Waals surface area contributed by atoms with E-state index >= 15 is 0 Å². The third kappa shape index (κ3) is 3.08. The van der Waals surface area contributed by atoms with Gasteiger partial charge >= 0.3 is 5.69 Å². The van der Waals surface area contributed by atoms with E-state index in [2.05, 4.69) is 20.9 Å². The Balaban J connectivity index is 1.74. The molecule has 0 spiro atoms. The second-order valence-electron chi connectivity index (χ2n) is 8.30. The van der Waals surface area contributed by atoms with Gasteiger partial charge in [0.15, 0.2) is 0 Å². The Morgan fingerprint density at radius 3 is 2.53 bits per heavy atom. The largest absolute Gasteiger partial charge is 0.494 e. The summed E-state index contributed by atoms with van der Waals surface area (Å²) in [4.78, 5) is 34.0. The van der Waals surface area contributed by atoms with Gasteiger partial charge in [-0.05, 0) is 37.1 Å². The van der Waals surface area contributed by atoms with Crippen LogP contribution in [0.15, 0.2) is 64.2 Å². The lowest BCUT2D eigenvalue weighted by atomic mass is 9.93. The van der Waals surface area contributed by atoms with Gasteiger partial charge in [0.25, 0.3) is 5.56 Å². The monoisotopic (exact) mass is 430 g/mol. The Hall–Kier alpha value is -3.58. The van der Waals surface area contributed by atoms with Crippen molar-refractivity contribution < 1.29 is 5.11 Å². The molecule has 7 nitrogen and oxygen atoms in total. The minimum Gasteiger partial charge on any atom is -0.494 e. The number of nitrogens with one attached hydrogen (secondary N) is 2. The minimum atomic E-state index is -0.622. The van der Waals surface area contributed by atoms with Gasteiger partial charge in [-0.1, -0.05) is 55.5 Å². The van der Waals surface area contributed by atoms with Crippen LogP contribution in [0.3, 0.4) is 0 Å². The molecule has 7 heteroatoms. The number of H-pyrrole nitrogens is 2. The van der Waals surface area contributed by atoms with E-state index in [1.54, 1.807) is 0 Å². The normalized spacial score (nSPS) is 17.4. The van der Waals surface area contributed by atoms with Gasteiger partial charge in [-0.25, -0.2) is 4.79 Å². The molecule has 3 heterocycles. The zero-order chi connectivity index (χ0) is 22.4. The minimum absolute atomic E-state index is 0.196. The zero-order valence-electron chi connectivity index (χ0n) is 18.1. The Bertz CT molecular complexity index is 1400. The molecule has 2 atom stereocenters. The molecular formula is C25H26N4O3. The van der Waals surface area contributed by atoms with Gasteiger partial charge in [-0.3, -0.25) is 19.2 Å². The first kappa shape index (κ1) is 20.3. The van der Waals surface area contributed by atoms with E-state index in [9.17, 15) is 14.7 Å². The number of likely N-dealkylation sites (N-methyl/N-ethyl adjacent to an activating group) is 1. The fourth-order valence-corrected chi connectivity index (χ4v) is 5.00. The summed E-state index contributed by atoms with van der Waals surface area (Å²) in [7, 11) is 0. The summed E-state index contributed by atoms with van der Waals surface area (Å²) < 4.78 is 1.27. The van der Waals surface area contributed by atoms with Crippen molar-refractivity contribution in [1.82, 2.24) is 19.4 Å². The molecule has 32 heavy (non-hydrogen) atoms. The summed E-state index contributed by atoms with van der Waals surface area (Å²) >= 11 is 0. The van der Waals surface area contributed by atoms with Crippen molar-refractivity contribution in [2.24, 2.45) is 0 Å². The van der Waals surface area contributed by atoms with Crippen molar-refractivity contribution in [1.29, 1.82) is 0 Å². The maximum absolute atomic E-state index is 13.1. The number of rotatable bonds is 4. The van der Waals surface area contributed by atoms with Gasteiger partial charge in [-0.2, -0.15) is 0 Å². The first-order chi connectivity index (χ1) is 15.5. The van der Waals surface area contributed by atoms with E-state index in [0.29, 0.717) is 6.54 Å². The first-order valence-electron chi connectivity index (χ1n) is 11.0. The van der Waals surface area contributed by atoms with Crippen LogP contribution in [0.5, 0.6) is 5.88 Å². The SMILES string of the molecule is CCN1CCc2c([nH]c3ccccc23)[C@@H]1c1c(O)n([C@H](C)c2ccccc2)c(=O)[nH]c1=O. The first-order valence-corrected chi connectivity index (χ1v) is 11.0. The van der Waals surface area contributed by atoms with Crippen LogP contribution in [0.1, 0.15) is 48.3 Å². The number of para-hydroxylation sites is 1. The number of nitrogens with zero attached hydrogens (tertiary/aromatic N) is 2. The van der Waals surface area contributed by atoms with Gasteiger partial charge in [0.1, 0.15) is 5.56 Å². The Kier molecular flexibility index (Phi) is 4.98. The molecule has 3 N–H and O–H groups in total.